The zero-order valence-corrected chi connectivity index (χ0v) is 10.9. The van der Waals surface area contributed by atoms with Crippen molar-refractivity contribution in [1.82, 2.24) is 9.91 Å². The van der Waals surface area contributed by atoms with Gasteiger partial charge in [-0.15, -0.1) is 6.42 Å². The predicted octanol–water partition coefficient (Wildman–Crippen LogP) is 1.000. The molecular weight excluding hydrogens is 258 g/mol. The van der Waals surface area contributed by atoms with Crippen molar-refractivity contribution < 1.29 is 14.4 Å². The Morgan fingerprint density at radius 2 is 1.90 bits per heavy atom. The number of carbonyl (C=O) groups is 3. The molecule has 2 rings (SSSR count). The summed E-state index contributed by atoms with van der Waals surface area (Å²) >= 11 is 0. The minimum Gasteiger partial charge on any atom is -0.287 e. The summed E-state index contributed by atoms with van der Waals surface area (Å²) in [6.07, 6.45) is 5.80. The molecule has 6 heteroatoms. The summed E-state index contributed by atoms with van der Waals surface area (Å²) in [5.74, 6) is 0.320. The maximum absolute atomic E-state index is 12.0. The summed E-state index contributed by atoms with van der Waals surface area (Å²) in [4.78, 5) is 36.1. The van der Waals surface area contributed by atoms with Crippen LogP contribution in [0.4, 0.5) is 10.5 Å². The number of hydrogen-bond donors (Lipinski definition) is 1. The normalized spacial score (nSPS) is 14.7. The minimum absolute atomic E-state index is 0.225. The third kappa shape index (κ3) is 2.21. The van der Waals surface area contributed by atoms with Crippen molar-refractivity contribution in [3.63, 3.8) is 0 Å². The molecule has 1 N–H and O–H groups in total. The Bertz CT molecular complexity index is 618. The maximum atomic E-state index is 12.0. The number of amides is 4. The fourth-order valence-corrected chi connectivity index (χ4v) is 1.89. The van der Waals surface area contributed by atoms with Crippen molar-refractivity contribution in [3.8, 4) is 12.3 Å². The van der Waals surface area contributed by atoms with Crippen molar-refractivity contribution >= 4 is 23.5 Å². The number of rotatable bonds is 4. The van der Waals surface area contributed by atoms with Gasteiger partial charge in [0.2, 0.25) is 0 Å². The largest absolute Gasteiger partial charge is 0.354 e. The summed E-state index contributed by atoms with van der Waals surface area (Å²) in [7, 11) is 0. The highest BCUT2D eigenvalue weighted by molar-refractivity contribution is 6.45. The summed E-state index contributed by atoms with van der Waals surface area (Å²) in [6.45, 7) is 1.72. The van der Waals surface area contributed by atoms with E-state index in [1.54, 1.807) is 12.1 Å². The third-order valence-corrected chi connectivity index (χ3v) is 2.93. The van der Waals surface area contributed by atoms with Crippen LogP contribution in [0, 0.1) is 12.3 Å². The van der Waals surface area contributed by atoms with Gasteiger partial charge in [-0.05, 0) is 18.1 Å². The number of para-hydroxylation sites is 1. The van der Waals surface area contributed by atoms with Crippen LogP contribution in [0.3, 0.4) is 0 Å². The number of anilines is 1. The van der Waals surface area contributed by atoms with Crippen LogP contribution in [0.25, 0.3) is 0 Å². The van der Waals surface area contributed by atoms with E-state index >= 15 is 0 Å². The molecule has 0 bridgehead atoms. The van der Waals surface area contributed by atoms with Crippen molar-refractivity contribution in [1.29, 1.82) is 0 Å². The Labute approximate surface area is 116 Å². The first-order valence-corrected chi connectivity index (χ1v) is 6.08. The van der Waals surface area contributed by atoms with Gasteiger partial charge in [0, 0.05) is 0 Å². The Kier molecular flexibility index (Phi) is 3.71. The van der Waals surface area contributed by atoms with E-state index in [0.29, 0.717) is 10.7 Å². The number of nitrogens with zero attached hydrogens (tertiary/aromatic N) is 2. The average Bonchev–Trinajstić information content (AvgIpc) is 2.66. The van der Waals surface area contributed by atoms with Gasteiger partial charge in [-0.25, -0.2) is 9.69 Å². The summed E-state index contributed by atoms with van der Waals surface area (Å²) in [6, 6.07) is 6.46. The molecule has 0 saturated carbocycles. The molecule has 102 valence electrons. The number of aryl methyl sites for hydroxylation is 1. The molecule has 1 aromatic carbocycles. The number of imide groups is 2. The zero-order chi connectivity index (χ0) is 14.7. The van der Waals surface area contributed by atoms with E-state index in [0.717, 1.165) is 16.9 Å². The highest BCUT2D eigenvalue weighted by atomic mass is 16.2. The number of nitrogens with one attached hydrogen (secondary N) is 1. The second kappa shape index (κ2) is 5.45. The standard InChI is InChI=1S/C14H13N3O3/c1-3-9-16-12(18)13(19)17(14(16)20)15-11-8-6-5-7-10(11)4-2/h1,5-8,15H,4,9H2,2H3. The number of benzene rings is 1. The van der Waals surface area contributed by atoms with Gasteiger partial charge in [0.1, 0.15) is 0 Å². The Morgan fingerprint density at radius 3 is 2.55 bits per heavy atom. The highest BCUT2D eigenvalue weighted by Gasteiger charge is 2.44. The Hall–Kier alpha value is -2.81. The molecule has 1 aromatic rings. The quantitative estimate of drug-likeness (QED) is 0.504. The molecule has 0 atom stereocenters. The van der Waals surface area contributed by atoms with Gasteiger partial charge in [0.05, 0.1) is 12.2 Å². The van der Waals surface area contributed by atoms with Gasteiger partial charge < -0.3 is 0 Å². The molecule has 1 fully saturated rings. The van der Waals surface area contributed by atoms with Crippen LogP contribution < -0.4 is 5.43 Å². The van der Waals surface area contributed by atoms with Gasteiger partial charge in [-0.1, -0.05) is 31.0 Å². The molecule has 1 heterocycles. The van der Waals surface area contributed by atoms with Crippen molar-refractivity contribution in [2.24, 2.45) is 0 Å². The van der Waals surface area contributed by atoms with Crippen LogP contribution in [-0.4, -0.2) is 34.3 Å². The van der Waals surface area contributed by atoms with Crippen LogP contribution >= 0.6 is 0 Å². The third-order valence-electron chi connectivity index (χ3n) is 2.93. The van der Waals surface area contributed by atoms with Gasteiger partial charge in [0.15, 0.2) is 0 Å². The minimum atomic E-state index is -0.934. The monoisotopic (exact) mass is 271 g/mol. The van der Waals surface area contributed by atoms with Crippen LogP contribution in [0.5, 0.6) is 0 Å². The molecule has 0 aromatic heterocycles. The van der Waals surface area contributed by atoms with E-state index in [4.69, 9.17) is 6.42 Å². The molecular formula is C14H13N3O3. The van der Waals surface area contributed by atoms with E-state index in [9.17, 15) is 14.4 Å². The van der Waals surface area contributed by atoms with E-state index in [1.165, 1.54) is 0 Å². The fourth-order valence-electron chi connectivity index (χ4n) is 1.89. The molecule has 0 aliphatic carbocycles. The molecule has 6 nitrogen and oxygen atoms in total. The Balaban J connectivity index is 2.26. The van der Waals surface area contributed by atoms with E-state index in [2.05, 4.69) is 11.3 Å². The smallest absolute Gasteiger partial charge is 0.287 e. The lowest BCUT2D eigenvalue weighted by Gasteiger charge is -2.18. The number of hydrazine groups is 1. The molecule has 0 spiro atoms. The maximum Gasteiger partial charge on any atom is 0.354 e. The summed E-state index contributed by atoms with van der Waals surface area (Å²) < 4.78 is 0. The van der Waals surface area contributed by atoms with E-state index < -0.39 is 17.8 Å². The lowest BCUT2D eigenvalue weighted by molar-refractivity contribution is -0.142. The number of terminal acetylenes is 1. The van der Waals surface area contributed by atoms with Gasteiger partial charge in [-0.3, -0.25) is 15.0 Å². The van der Waals surface area contributed by atoms with Gasteiger partial charge >= 0.3 is 17.8 Å². The van der Waals surface area contributed by atoms with Crippen LogP contribution in [0.2, 0.25) is 0 Å². The van der Waals surface area contributed by atoms with Crippen LogP contribution in [0.1, 0.15) is 12.5 Å². The lowest BCUT2D eigenvalue weighted by Crippen LogP contribution is -2.37. The average molecular weight is 271 g/mol. The summed E-state index contributed by atoms with van der Waals surface area (Å²) in [5, 5.41) is 0.689. The topological polar surface area (TPSA) is 69.7 Å². The fraction of sp³-hybridized carbons (Fsp3) is 0.214. The number of carbonyl (C=O) groups excluding carboxylic acids is 3. The number of urea groups is 1. The van der Waals surface area contributed by atoms with E-state index in [1.807, 2.05) is 19.1 Å². The first-order chi connectivity index (χ1) is 9.60. The summed E-state index contributed by atoms with van der Waals surface area (Å²) in [5.41, 5.74) is 4.21. The lowest BCUT2D eigenvalue weighted by atomic mass is 10.1. The second-order valence-corrected chi connectivity index (χ2v) is 4.14. The molecule has 0 unspecified atom stereocenters. The predicted molar refractivity (Wildman–Crippen MR) is 72.2 cm³/mol. The van der Waals surface area contributed by atoms with Gasteiger partial charge in [-0.2, -0.15) is 5.01 Å². The zero-order valence-electron chi connectivity index (χ0n) is 10.9. The molecule has 1 aliphatic heterocycles. The number of hydrogen-bond acceptors (Lipinski definition) is 4. The molecule has 1 aliphatic rings. The van der Waals surface area contributed by atoms with Crippen molar-refractivity contribution in [3.05, 3.63) is 29.8 Å². The second-order valence-electron chi connectivity index (χ2n) is 4.14. The first kappa shape index (κ1) is 13.6. The van der Waals surface area contributed by atoms with Gasteiger partial charge in [0.25, 0.3) is 0 Å². The Morgan fingerprint density at radius 1 is 1.20 bits per heavy atom. The molecule has 20 heavy (non-hydrogen) atoms. The molecule has 4 amide bonds. The molecule has 1 saturated heterocycles. The first-order valence-electron chi connectivity index (χ1n) is 6.08. The highest BCUT2D eigenvalue weighted by Crippen LogP contribution is 2.19. The van der Waals surface area contributed by atoms with E-state index in [-0.39, 0.29) is 6.54 Å². The SMILES string of the molecule is C#CCN1C(=O)C(=O)N(Nc2ccccc2CC)C1=O. The van der Waals surface area contributed by atoms with Crippen molar-refractivity contribution in [2.45, 2.75) is 13.3 Å². The van der Waals surface area contributed by atoms with Crippen LogP contribution in [0.15, 0.2) is 24.3 Å². The molecule has 0 radical (unpaired) electrons. The van der Waals surface area contributed by atoms with Crippen molar-refractivity contribution in [2.75, 3.05) is 12.0 Å². The van der Waals surface area contributed by atoms with Crippen LogP contribution in [-0.2, 0) is 16.0 Å².